The Morgan fingerprint density at radius 2 is 1.89 bits per heavy atom. The Balaban J connectivity index is 2.01. The first-order valence-corrected chi connectivity index (χ1v) is 9.75. The Morgan fingerprint density at radius 1 is 1.07 bits per heavy atom. The van der Waals surface area contributed by atoms with Crippen LogP contribution < -0.4 is 0 Å². The van der Waals surface area contributed by atoms with E-state index in [1.807, 2.05) is 25.1 Å². The molecule has 2 heterocycles. The standard InChI is InChI=1S/C21H24FN5/c1-2-15(22)13-18-20(21-24-26-27-25-21)19(14-9-5-3-6-10-14)16-11-7-4-8-12-17(16)23-18/h3,5-6,9-10,15H,2,4,7-8,11-13H2,1H3,(H,24,25,26,27). The largest absolute Gasteiger partial charge is 0.257 e. The van der Waals surface area contributed by atoms with Crippen molar-refractivity contribution < 1.29 is 4.39 Å². The molecule has 1 aliphatic carbocycles. The van der Waals surface area contributed by atoms with Crippen molar-refractivity contribution in [2.45, 2.75) is 58.0 Å². The van der Waals surface area contributed by atoms with Gasteiger partial charge in [0.25, 0.3) is 0 Å². The Kier molecular flexibility index (Phi) is 5.23. The maximum absolute atomic E-state index is 14.4. The topological polar surface area (TPSA) is 67.3 Å². The van der Waals surface area contributed by atoms with Crippen LogP contribution in [-0.2, 0) is 19.3 Å². The zero-order chi connectivity index (χ0) is 18.6. The highest BCUT2D eigenvalue weighted by Gasteiger charge is 2.26. The maximum atomic E-state index is 14.4. The Hall–Kier alpha value is -2.63. The SMILES string of the molecule is CCC(F)Cc1nc2c(c(-c3ccccc3)c1-c1nn[nH]n1)CCCCC2. The number of alkyl halides is 1. The summed E-state index contributed by atoms with van der Waals surface area (Å²) in [6.45, 7) is 1.86. The van der Waals surface area contributed by atoms with E-state index >= 15 is 0 Å². The molecule has 0 spiro atoms. The average Bonchev–Trinajstić information content (AvgIpc) is 3.13. The molecule has 0 aliphatic heterocycles. The van der Waals surface area contributed by atoms with Gasteiger partial charge in [0.1, 0.15) is 6.17 Å². The second-order valence-corrected chi connectivity index (χ2v) is 7.11. The first-order valence-electron chi connectivity index (χ1n) is 9.75. The summed E-state index contributed by atoms with van der Waals surface area (Å²) in [6, 6.07) is 10.3. The first-order chi connectivity index (χ1) is 13.3. The third kappa shape index (κ3) is 3.61. The number of tetrazole rings is 1. The number of hydrogen-bond donors (Lipinski definition) is 1. The third-order valence-corrected chi connectivity index (χ3v) is 5.29. The van der Waals surface area contributed by atoms with Crippen molar-refractivity contribution in [3.05, 3.63) is 47.3 Å². The van der Waals surface area contributed by atoms with Crippen LogP contribution in [0.1, 0.15) is 49.6 Å². The van der Waals surface area contributed by atoms with Gasteiger partial charge in [0.05, 0.1) is 11.3 Å². The predicted octanol–water partition coefficient (Wildman–Crippen LogP) is 4.49. The number of H-pyrrole nitrogens is 1. The second-order valence-electron chi connectivity index (χ2n) is 7.11. The summed E-state index contributed by atoms with van der Waals surface area (Å²) in [6.07, 6.45) is 5.18. The molecule has 0 fully saturated rings. The van der Waals surface area contributed by atoms with E-state index in [-0.39, 0.29) is 6.42 Å². The number of nitrogens with one attached hydrogen (secondary N) is 1. The van der Waals surface area contributed by atoms with Gasteiger partial charge in [-0.1, -0.05) is 43.7 Å². The maximum Gasteiger partial charge on any atom is 0.207 e. The van der Waals surface area contributed by atoms with E-state index in [9.17, 15) is 4.39 Å². The molecular weight excluding hydrogens is 341 g/mol. The Labute approximate surface area is 158 Å². The van der Waals surface area contributed by atoms with Crippen molar-refractivity contribution in [3.8, 4) is 22.5 Å². The molecule has 0 bridgehead atoms. The van der Waals surface area contributed by atoms with Crippen LogP contribution in [0.4, 0.5) is 4.39 Å². The summed E-state index contributed by atoms with van der Waals surface area (Å²) in [5.74, 6) is 0.492. The molecule has 4 rings (SSSR count). The van der Waals surface area contributed by atoms with Crippen LogP contribution in [0, 0.1) is 0 Å². The van der Waals surface area contributed by atoms with Crippen LogP contribution in [0.5, 0.6) is 0 Å². The lowest BCUT2D eigenvalue weighted by Crippen LogP contribution is -2.12. The van der Waals surface area contributed by atoms with Gasteiger partial charge >= 0.3 is 0 Å². The van der Waals surface area contributed by atoms with E-state index in [4.69, 9.17) is 4.98 Å². The van der Waals surface area contributed by atoms with Gasteiger partial charge in [-0.05, 0) is 54.0 Å². The normalized spacial score (nSPS) is 15.2. The highest BCUT2D eigenvalue weighted by Crippen LogP contribution is 2.39. The van der Waals surface area contributed by atoms with Crippen LogP contribution in [0.15, 0.2) is 30.3 Å². The van der Waals surface area contributed by atoms with Gasteiger partial charge in [0, 0.05) is 12.1 Å². The summed E-state index contributed by atoms with van der Waals surface area (Å²) < 4.78 is 14.4. The molecule has 0 saturated heterocycles. The van der Waals surface area contributed by atoms with Crippen LogP contribution >= 0.6 is 0 Å². The van der Waals surface area contributed by atoms with Gasteiger partial charge in [0.15, 0.2) is 0 Å². The van der Waals surface area contributed by atoms with Gasteiger partial charge < -0.3 is 0 Å². The fourth-order valence-electron chi connectivity index (χ4n) is 3.91. The smallest absolute Gasteiger partial charge is 0.207 e. The van der Waals surface area contributed by atoms with Gasteiger partial charge in [0.2, 0.25) is 5.82 Å². The number of pyridine rings is 1. The van der Waals surface area contributed by atoms with Crippen LogP contribution in [-0.4, -0.2) is 31.8 Å². The van der Waals surface area contributed by atoms with E-state index in [1.54, 1.807) is 0 Å². The van der Waals surface area contributed by atoms with Crippen LogP contribution in [0.2, 0.25) is 0 Å². The van der Waals surface area contributed by atoms with Gasteiger partial charge in [-0.25, -0.2) is 4.39 Å². The molecular formula is C21H24FN5. The Bertz CT molecular complexity index is 893. The second kappa shape index (κ2) is 7.94. The lowest BCUT2D eigenvalue weighted by atomic mass is 9.88. The number of aromatic amines is 1. The molecule has 6 heteroatoms. The van der Waals surface area contributed by atoms with Crippen molar-refractivity contribution in [2.24, 2.45) is 0 Å². The van der Waals surface area contributed by atoms with Crippen molar-refractivity contribution >= 4 is 0 Å². The lowest BCUT2D eigenvalue weighted by molar-refractivity contribution is 0.321. The molecule has 2 aromatic heterocycles. The fourth-order valence-corrected chi connectivity index (χ4v) is 3.91. The quantitative estimate of drug-likeness (QED) is 0.677. The number of halogens is 1. The molecule has 0 saturated carbocycles. The molecule has 5 nitrogen and oxygen atoms in total. The fraction of sp³-hybridized carbons (Fsp3) is 0.429. The zero-order valence-corrected chi connectivity index (χ0v) is 15.6. The van der Waals surface area contributed by atoms with Gasteiger partial charge in [-0.2, -0.15) is 5.21 Å². The van der Waals surface area contributed by atoms with E-state index in [1.165, 1.54) is 12.0 Å². The van der Waals surface area contributed by atoms with Crippen LogP contribution in [0.25, 0.3) is 22.5 Å². The Morgan fingerprint density at radius 3 is 2.63 bits per heavy atom. The predicted molar refractivity (Wildman–Crippen MR) is 103 cm³/mol. The number of benzene rings is 1. The summed E-state index contributed by atoms with van der Waals surface area (Å²) in [5.41, 5.74) is 6.14. The van der Waals surface area contributed by atoms with Gasteiger partial charge in [-0.15, -0.1) is 10.2 Å². The minimum Gasteiger partial charge on any atom is -0.257 e. The molecule has 1 aliphatic rings. The molecule has 3 aromatic rings. The van der Waals surface area contributed by atoms with E-state index in [0.717, 1.165) is 53.8 Å². The molecule has 0 amide bonds. The molecule has 27 heavy (non-hydrogen) atoms. The molecule has 140 valence electrons. The molecule has 0 radical (unpaired) electrons. The summed E-state index contributed by atoms with van der Waals surface area (Å²) in [7, 11) is 0. The number of rotatable bonds is 5. The first kappa shape index (κ1) is 17.8. The van der Waals surface area contributed by atoms with Crippen molar-refractivity contribution in [2.75, 3.05) is 0 Å². The molecule has 1 N–H and O–H groups in total. The number of hydrogen-bond acceptors (Lipinski definition) is 4. The van der Waals surface area contributed by atoms with E-state index in [2.05, 4.69) is 32.8 Å². The highest BCUT2D eigenvalue weighted by atomic mass is 19.1. The monoisotopic (exact) mass is 365 g/mol. The average molecular weight is 365 g/mol. The van der Waals surface area contributed by atoms with Crippen molar-refractivity contribution in [1.29, 1.82) is 0 Å². The minimum absolute atomic E-state index is 0.271. The summed E-state index contributed by atoms with van der Waals surface area (Å²) >= 11 is 0. The molecule has 1 atom stereocenters. The number of fused-ring (bicyclic) bond motifs is 1. The van der Waals surface area contributed by atoms with Gasteiger partial charge in [-0.3, -0.25) is 4.98 Å². The number of nitrogens with zero attached hydrogens (tertiary/aromatic N) is 4. The number of aryl methyl sites for hydroxylation is 1. The highest BCUT2D eigenvalue weighted by molar-refractivity contribution is 5.85. The molecule has 1 aromatic carbocycles. The van der Waals surface area contributed by atoms with Crippen molar-refractivity contribution in [1.82, 2.24) is 25.6 Å². The summed E-state index contributed by atoms with van der Waals surface area (Å²) in [4.78, 5) is 4.94. The van der Waals surface area contributed by atoms with E-state index < -0.39 is 6.17 Å². The minimum atomic E-state index is -0.935. The molecule has 1 unspecified atom stereocenters. The number of aromatic nitrogens is 5. The lowest BCUT2D eigenvalue weighted by Gasteiger charge is -2.20. The van der Waals surface area contributed by atoms with E-state index in [0.29, 0.717) is 12.2 Å². The summed E-state index contributed by atoms with van der Waals surface area (Å²) in [5, 5.41) is 14.7. The zero-order valence-electron chi connectivity index (χ0n) is 15.6. The van der Waals surface area contributed by atoms with Crippen molar-refractivity contribution in [3.63, 3.8) is 0 Å². The third-order valence-electron chi connectivity index (χ3n) is 5.29. The van der Waals surface area contributed by atoms with Crippen LogP contribution in [0.3, 0.4) is 0 Å².